The molecule has 0 fully saturated rings. The fourth-order valence-corrected chi connectivity index (χ4v) is 1.75. The SMILES string of the molecule is CCNCc1ccc(OCc2ccc(C#N)cc2F)cn1. The summed E-state index contributed by atoms with van der Waals surface area (Å²) in [5, 5.41) is 11.9. The summed E-state index contributed by atoms with van der Waals surface area (Å²) in [6.07, 6.45) is 1.62. The molecule has 108 valence electrons. The van der Waals surface area contributed by atoms with Crippen molar-refractivity contribution in [3.63, 3.8) is 0 Å². The third-order valence-corrected chi connectivity index (χ3v) is 2.93. The lowest BCUT2D eigenvalue weighted by Gasteiger charge is -2.08. The molecule has 1 heterocycles. The van der Waals surface area contributed by atoms with Crippen LogP contribution in [0.2, 0.25) is 0 Å². The summed E-state index contributed by atoms with van der Waals surface area (Å²) in [5.41, 5.74) is 1.63. The van der Waals surface area contributed by atoms with Crippen LogP contribution in [0.4, 0.5) is 4.39 Å². The molecule has 0 aliphatic rings. The van der Waals surface area contributed by atoms with Crippen LogP contribution in [-0.4, -0.2) is 11.5 Å². The minimum Gasteiger partial charge on any atom is -0.487 e. The maximum absolute atomic E-state index is 13.7. The van der Waals surface area contributed by atoms with Crippen LogP contribution in [0.3, 0.4) is 0 Å². The van der Waals surface area contributed by atoms with Crippen molar-refractivity contribution in [2.75, 3.05) is 6.54 Å². The fraction of sp³-hybridized carbons (Fsp3) is 0.250. The molecule has 4 nitrogen and oxygen atoms in total. The van der Waals surface area contributed by atoms with Gasteiger partial charge in [-0.2, -0.15) is 5.26 Å². The molecular weight excluding hydrogens is 269 g/mol. The van der Waals surface area contributed by atoms with Crippen molar-refractivity contribution in [1.82, 2.24) is 10.3 Å². The molecule has 0 amide bonds. The summed E-state index contributed by atoms with van der Waals surface area (Å²) < 4.78 is 19.2. The second kappa shape index (κ2) is 7.36. The quantitative estimate of drug-likeness (QED) is 0.886. The van der Waals surface area contributed by atoms with E-state index in [1.165, 1.54) is 6.07 Å². The molecule has 0 saturated heterocycles. The largest absolute Gasteiger partial charge is 0.487 e. The summed E-state index contributed by atoms with van der Waals surface area (Å²) in [6.45, 7) is 3.73. The number of hydrogen-bond donors (Lipinski definition) is 1. The van der Waals surface area contributed by atoms with Gasteiger partial charge in [0.05, 0.1) is 23.5 Å². The number of rotatable bonds is 6. The topological polar surface area (TPSA) is 57.9 Å². The Hall–Kier alpha value is -2.45. The Balaban J connectivity index is 1.95. The number of benzene rings is 1. The van der Waals surface area contributed by atoms with Crippen LogP contribution in [-0.2, 0) is 13.2 Å². The zero-order valence-electron chi connectivity index (χ0n) is 11.8. The number of nitrogens with zero attached hydrogens (tertiary/aromatic N) is 2. The molecule has 0 bridgehead atoms. The van der Waals surface area contributed by atoms with Gasteiger partial charge < -0.3 is 10.1 Å². The molecule has 2 aromatic rings. The Kier molecular flexibility index (Phi) is 5.24. The molecule has 0 aliphatic heterocycles. The van der Waals surface area contributed by atoms with Crippen molar-refractivity contribution in [2.24, 2.45) is 0 Å². The number of ether oxygens (including phenoxy) is 1. The lowest BCUT2D eigenvalue weighted by atomic mass is 10.1. The molecule has 1 N–H and O–H groups in total. The average Bonchev–Trinajstić information content (AvgIpc) is 2.52. The monoisotopic (exact) mass is 285 g/mol. The van der Waals surface area contributed by atoms with Crippen molar-refractivity contribution in [3.8, 4) is 11.8 Å². The smallest absolute Gasteiger partial charge is 0.138 e. The molecule has 1 aromatic carbocycles. The van der Waals surface area contributed by atoms with E-state index >= 15 is 0 Å². The summed E-state index contributed by atoms with van der Waals surface area (Å²) in [4.78, 5) is 4.25. The average molecular weight is 285 g/mol. The molecule has 5 heteroatoms. The molecule has 21 heavy (non-hydrogen) atoms. The maximum Gasteiger partial charge on any atom is 0.138 e. The number of hydrogen-bond acceptors (Lipinski definition) is 4. The maximum atomic E-state index is 13.7. The van der Waals surface area contributed by atoms with Gasteiger partial charge in [-0.1, -0.05) is 13.0 Å². The van der Waals surface area contributed by atoms with Crippen LogP contribution in [0.5, 0.6) is 5.75 Å². The van der Waals surface area contributed by atoms with Crippen molar-refractivity contribution in [2.45, 2.75) is 20.1 Å². The molecule has 2 rings (SSSR count). The van der Waals surface area contributed by atoms with E-state index < -0.39 is 5.82 Å². The predicted molar refractivity (Wildman–Crippen MR) is 77.1 cm³/mol. The van der Waals surface area contributed by atoms with Gasteiger partial charge in [0.2, 0.25) is 0 Å². The molecule has 0 spiro atoms. The van der Waals surface area contributed by atoms with Gasteiger partial charge in [0.1, 0.15) is 18.2 Å². The first-order valence-corrected chi connectivity index (χ1v) is 6.70. The van der Waals surface area contributed by atoms with Crippen molar-refractivity contribution in [1.29, 1.82) is 5.26 Å². The Labute approximate surface area is 123 Å². The number of nitriles is 1. The van der Waals surface area contributed by atoms with E-state index in [2.05, 4.69) is 10.3 Å². The highest BCUT2D eigenvalue weighted by Gasteiger charge is 2.05. The molecule has 0 aliphatic carbocycles. The zero-order chi connectivity index (χ0) is 15.1. The standard InChI is InChI=1S/C16H16FN3O/c1-2-19-9-14-5-6-15(10-20-14)21-11-13-4-3-12(8-18)7-16(13)17/h3-7,10,19H,2,9,11H2,1H3. The zero-order valence-corrected chi connectivity index (χ0v) is 11.8. The third kappa shape index (κ3) is 4.26. The first kappa shape index (κ1) is 14.9. The minimum atomic E-state index is -0.439. The van der Waals surface area contributed by atoms with Crippen LogP contribution in [0.1, 0.15) is 23.7 Å². The van der Waals surface area contributed by atoms with Gasteiger partial charge in [-0.25, -0.2) is 4.39 Å². The van der Waals surface area contributed by atoms with Gasteiger partial charge >= 0.3 is 0 Å². The van der Waals surface area contributed by atoms with Crippen LogP contribution < -0.4 is 10.1 Å². The lowest BCUT2D eigenvalue weighted by Crippen LogP contribution is -2.12. The summed E-state index contributed by atoms with van der Waals surface area (Å²) in [5.74, 6) is 0.143. The number of nitrogens with one attached hydrogen (secondary N) is 1. The molecule has 0 unspecified atom stereocenters. The van der Waals surface area contributed by atoms with E-state index in [0.717, 1.165) is 12.2 Å². The van der Waals surface area contributed by atoms with Crippen molar-refractivity contribution in [3.05, 3.63) is 59.2 Å². The summed E-state index contributed by atoms with van der Waals surface area (Å²) in [7, 11) is 0. The first-order chi connectivity index (χ1) is 10.2. The lowest BCUT2D eigenvalue weighted by molar-refractivity contribution is 0.298. The fourth-order valence-electron chi connectivity index (χ4n) is 1.75. The van der Waals surface area contributed by atoms with Crippen LogP contribution in [0.15, 0.2) is 36.5 Å². The molecule has 0 radical (unpaired) electrons. The first-order valence-electron chi connectivity index (χ1n) is 6.70. The second-order valence-electron chi connectivity index (χ2n) is 4.47. The highest BCUT2D eigenvalue weighted by molar-refractivity contribution is 5.33. The van der Waals surface area contributed by atoms with E-state index in [9.17, 15) is 4.39 Å². The molecule has 1 aromatic heterocycles. The van der Waals surface area contributed by atoms with Crippen LogP contribution >= 0.6 is 0 Å². The van der Waals surface area contributed by atoms with E-state index in [1.807, 2.05) is 19.1 Å². The van der Waals surface area contributed by atoms with Gasteiger partial charge in [0.25, 0.3) is 0 Å². The Morgan fingerprint density at radius 3 is 2.81 bits per heavy atom. The normalized spacial score (nSPS) is 10.1. The predicted octanol–water partition coefficient (Wildman–Crippen LogP) is 2.78. The van der Waals surface area contributed by atoms with E-state index in [-0.39, 0.29) is 6.61 Å². The van der Waals surface area contributed by atoms with Crippen LogP contribution in [0, 0.1) is 17.1 Å². The van der Waals surface area contributed by atoms with Gasteiger partial charge in [-0.05, 0) is 30.8 Å². The van der Waals surface area contributed by atoms with Crippen molar-refractivity contribution >= 4 is 0 Å². The molecular formula is C16H16FN3O. The van der Waals surface area contributed by atoms with E-state index in [1.54, 1.807) is 24.4 Å². The Morgan fingerprint density at radius 2 is 2.19 bits per heavy atom. The highest BCUT2D eigenvalue weighted by atomic mass is 19.1. The highest BCUT2D eigenvalue weighted by Crippen LogP contribution is 2.15. The number of aromatic nitrogens is 1. The van der Waals surface area contributed by atoms with E-state index in [4.69, 9.17) is 10.00 Å². The van der Waals surface area contributed by atoms with Gasteiger partial charge in [0, 0.05) is 12.1 Å². The summed E-state index contributed by atoms with van der Waals surface area (Å²) >= 11 is 0. The van der Waals surface area contributed by atoms with Gasteiger partial charge in [0.15, 0.2) is 0 Å². The molecule has 0 saturated carbocycles. The molecule has 0 atom stereocenters. The van der Waals surface area contributed by atoms with Crippen molar-refractivity contribution < 1.29 is 9.13 Å². The Bertz CT molecular complexity index is 635. The number of pyridine rings is 1. The minimum absolute atomic E-state index is 0.103. The van der Waals surface area contributed by atoms with Crippen LogP contribution in [0.25, 0.3) is 0 Å². The summed E-state index contributed by atoms with van der Waals surface area (Å²) in [6, 6.07) is 9.90. The second-order valence-corrected chi connectivity index (χ2v) is 4.47. The van der Waals surface area contributed by atoms with E-state index in [0.29, 0.717) is 23.4 Å². The van der Waals surface area contributed by atoms with Gasteiger partial charge in [-0.15, -0.1) is 0 Å². The Morgan fingerprint density at radius 1 is 1.33 bits per heavy atom. The van der Waals surface area contributed by atoms with Gasteiger partial charge in [-0.3, -0.25) is 4.98 Å². The third-order valence-electron chi connectivity index (χ3n) is 2.93. The number of halogens is 1.